The fourth-order valence-electron chi connectivity index (χ4n) is 7.28. The van der Waals surface area contributed by atoms with Gasteiger partial charge >= 0.3 is 7.12 Å². The maximum Gasteiger partial charge on any atom is 0.455 e. The Kier molecular flexibility index (Phi) is 9.21. The van der Waals surface area contributed by atoms with E-state index in [4.69, 9.17) is 4.65 Å². The highest BCUT2D eigenvalue weighted by molar-refractivity contribution is 6.43. The smallest absolute Gasteiger partial charge is 0.455 e. The average Bonchev–Trinajstić information content (AvgIpc) is 3.30. The van der Waals surface area contributed by atoms with Crippen LogP contribution in [-0.2, 0) is 14.2 Å². The van der Waals surface area contributed by atoms with Gasteiger partial charge in [-0.25, -0.2) is 0 Å². The van der Waals surface area contributed by atoms with Crippen LogP contribution in [0.15, 0.2) is 95.6 Å². The van der Waals surface area contributed by atoms with E-state index in [0.29, 0.717) is 18.5 Å². The molecule has 0 saturated carbocycles. The molecular formula is C36H39BN2O6. The lowest BCUT2D eigenvalue weighted by molar-refractivity contribution is -0.122. The van der Waals surface area contributed by atoms with E-state index in [1.165, 1.54) is 4.90 Å². The van der Waals surface area contributed by atoms with Crippen molar-refractivity contribution in [2.75, 3.05) is 16.8 Å². The molecule has 3 aromatic rings. The van der Waals surface area contributed by atoms with Gasteiger partial charge in [0.1, 0.15) is 5.75 Å². The highest BCUT2D eigenvalue weighted by Crippen LogP contribution is 2.51. The maximum absolute atomic E-state index is 14.0. The Bertz CT molecular complexity index is 1610. The third kappa shape index (κ3) is 6.34. The topological polar surface area (TPSA) is 119 Å². The molecule has 1 aliphatic carbocycles. The van der Waals surface area contributed by atoms with E-state index in [1.54, 1.807) is 24.3 Å². The van der Waals surface area contributed by atoms with Crippen molar-refractivity contribution >= 4 is 42.1 Å². The lowest BCUT2D eigenvalue weighted by Crippen LogP contribution is -2.46. The number of allylic oxidation sites excluding steroid dienone is 1. The van der Waals surface area contributed by atoms with E-state index in [2.05, 4.69) is 12.2 Å². The molecule has 0 spiro atoms. The van der Waals surface area contributed by atoms with Crippen LogP contribution in [0.3, 0.4) is 0 Å². The lowest BCUT2D eigenvalue weighted by Gasteiger charge is -2.43. The van der Waals surface area contributed by atoms with Crippen molar-refractivity contribution < 1.29 is 29.5 Å². The third-order valence-electron chi connectivity index (χ3n) is 9.28. The lowest BCUT2D eigenvalue weighted by atomic mass is 9.58. The number of fused-ring (bicyclic) bond motifs is 3. The number of carbonyl (C=O) groups is 2. The van der Waals surface area contributed by atoms with Gasteiger partial charge in [-0.15, -0.1) is 0 Å². The molecular weight excluding hydrogens is 567 g/mol. The van der Waals surface area contributed by atoms with Gasteiger partial charge in [0.25, 0.3) is 0 Å². The van der Waals surface area contributed by atoms with Crippen molar-refractivity contribution in [1.29, 1.82) is 0 Å². The second-order valence-corrected chi connectivity index (χ2v) is 12.2. The van der Waals surface area contributed by atoms with Crippen LogP contribution in [0.1, 0.15) is 44.6 Å². The summed E-state index contributed by atoms with van der Waals surface area (Å²) in [4.78, 5) is 29.1. The van der Waals surface area contributed by atoms with E-state index in [-0.39, 0.29) is 36.9 Å². The van der Waals surface area contributed by atoms with Gasteiger partial charge in [-0.2, -0.15) is 0 Å². The molecule has 2 saturated heterocycles. The summed E-state index contributed by atoms with van der Waals surface area (Å²) in [7, 11) is -1.08. The molecule has 9 heteroatoms. The number of imide groups is 1. The van der Waals surface area contributed by atoms with E-state index in [9.17, 15) is 24.8 Å². The van der Waals surface area contributed by atoms with Gasteiger partial charge < -0.3 is 25.2 Å². The number of para-hydroxylation sites is 2. The summed E-state index contributed by atoms with van der Waals surface area (Å²) in [6.45, 7) is 1.87. The maximum atomic E-state index is 14.0. The summed E-state index contributed by atoms with van der Waals surface area (Å²) in [5.41, 5.74) is 5.75. The fourth-order valence-corrected chi connectivity index (χ4v) is 7.28. The Morgan fingerprint density at radius 3 is 2.38 bits per heavy atom. The zero-order chi connectivity index (χ0) is 31.5. The number of carbonyl (C=O) groups excluding carboxylic acids is 2. The van der Waals surface area contributed by atoms with Gasteiger partial charge in [-0.3, -0.25) is 14.5 Å². The highest BCUT2D eigenvalue weighted by atomic mass is 16.5. The predicted molar refractivity (Wildman–Crippen MR) is 176 cm³/mol. The number of benzene rings is 3. The quantitative estimate of drug-likeness (QED) is 0.125. The summed E-state index contributed by atoms with van der Waals surface area (Å²) in [5.74, 6) is -1.96. The van der Waals surface area contributed by atoms with E-state index >= 15 is 0 Å². The van der Waals surface area contributed by atoms with Crippen molar-refractivity contribution in [2.24, 2.45) is 17.8 Å². The monoisotopic (exact) mass is 606 g/mol. The second kappa shape index (κ2) is 13.4. The molecule has 2 heterocycles. The van der Waals surface area contributed by atoms with Gasteiger partial charge in [0.15, 0.2) is 0 Å². The van der Waals surface area contributed by atoms with Crippen LogP contribution in [0.5, 0.6) is 5.75 Å². The number of hydrogen-bond donors (Lipinski definition) is 4. The number of nitrogens with one attached hydrogen (secondary N) is 1. The predicted octanol–water partition coefficient (Wildman–Crippen LogP) is 6.09. The first-order chi connectivity index (χ1) is 21.9. The van der Waals surface area contributed by atoms with Crippen LogP contribution in [-0.4, -0.2) is 46.9 Å². The van der Waals surface area contributed by atoms with E-state index in [0.717, 1.165) is 46.5 Å². The van der Waals surface area contributed by atoms with Crippen LogP contribution in [0.2, 0.25) is 6.32 Å². The van der Waals surface area contributed by atoms with Crippen molar-refractivity contribution in [1.82, 2.24) is 0 Å². The normalized spacial score (nSPS) is 23.3. The van der Waals surface area contributed by atoms with E-state index < -0.39 is 31.0 Å². The standard InChI is InChI=1S/C36H39BN2O6/c1-2-8-23(19-24-9-6-7-12-31(24)41)13-18-32-33-25(22-40)20-29-34(30(33)21-37(44)45-32)36(43)39(35(29)42)28-16-14-27(15-17-28)38-26-10-4-3-5-11-26/h3-7,9-12,14-17,19,29-30,32,34,38,40-41,44H,2,8,13,18,20-22H2,1H3/b23-19+/t29-,30+,32-,34-/m1/s1. The number of hydrogen-bond acceptors (Lipinski definition) is 7. The van der Waals surface area contributed by atoms with Crippen molar-refractivity contribution in [2.45, 2.75) is 51.5 Å². The largest absolute Gasteiger partial charge is 0.507 e. The Morgan fingerprint density at radius 1 is 0.956 bits per heavy atom. The first-order valence-corrected chi connectivity index (χ1v) is 15.8. The summed E-state index contributed by atoms with van der Waals surface area (Å²) < 4.78 is 6.07. The molecule has 6 rings (SSSR count). The van der Waals surface area contributed by atoms with Crippen LogP contribution in [0.4, 0.5) is 17.1 Å². The third-order valence-corrected chi connectivity index (χ3v) is 9.28. The number of phenols is 1. The molecule has 2 aliphatic heterocycles. The second-order valence-electron chi connectivity index (χ2n) is 12.2. The first kappa shape index (κ1) is 30.8. The molecule has 3 aliphatic rings. The van der Waals surface area contributed by atoms with Crippen molar-refractivity contribution in [3.63, 3.8) is 0 Å². The molecule has 0 aromatic heterocycles. The van der Waals surface area contributed by atoms with Gasteiger partial charge in [-0.1, -0.05) is 61.4 Å². The van der Waals surface area contributed by atoms with Crippen LogP contribution in [0.25, 0.3) is 6.08 Å². The van der Waals surface area contributed by atoms with Crippen molar-refractivity contribution in [3.8, 4) is 5.75 Å². The molecule has 0 bridgehead atoms. The number of aliphatic hydroxyl groups excluding tert-OH is 1. The van der Waals surface area contributed by atoms with Crippen LogP contribution in [0, 0.1) is 17.8 Å². The fraction of sp³-hybridized carbons (Fsp3) is 0.333. The highest BCUT2D eigenvalue weighted by Gasteiger charge is 2.57. The van der Waals surface area contributed by atoms with Gasteiger partial charge in [-0.05, 0) is 91.5 Å². The van der Waals surface area contributed by atoms with Crippen LogP contribution >= 0.6 is 0 Å². The molecule has 2 amide bonds. The Labute approximate surface area is 264 Å². The zero-order valence-corrected chi connectivity index (χ0v) is 25.4. The molecule has 2 fully saturated rings. The molecule has 8 nitrogen and oxygen atoms in total. The number of nitrogens with zero attached hydrogens (tertiary/aromatic N) is 1. The zero-order valence-electron chi connectivity index (χ0n) is 25.4. The molecule has 3 aromatic carbocycles. The SMILES string of the molecule is CCC/C(=C\c1ccccc1O)CC[C@H]1OB(O)C[C@H]2C1=C(CO)C[C@H]1C(=O)N(c3ccc(Nc4ccccc4)cc3)C(=O)[C@H]12. The Morgan fingerprint density at radius 2 is 1.67 bits per heavy atom. The van der Waals surface area contributed by atoms with Gasteiger partial charge in [0.05, 0.1) is 30.2 Å². The minimum absolute atomic E-state index is 0.193. The number of amides is 2. The van der Waals surface area contributed by atoms with E-state index in [1.807, 2.05) is 60.7 Å². The summed E-state index contributed by atoms with van der Waals surface area (Å²) in [6, 6.07) is 24.2. The number of aliphatic hydroxyl groups is 1. The molecule has 4 N–H and O–H groups in total. The molecule has 0 unspecified atom stereocenters. The number of phenolic OH excluding ortho intramolecular Hbond substituents is 1. The number of anilines is 3. The minimum Gasteiger partial charge on any atom is -0.507 e. The minimum atomic E-state index is -1.08. The van der Waals surface area contributed by atoms with Gasteiger partial charge in [0.2, 0.25) is 11.8 Å². The van der Waals surface area contributed by atoms with Crippen molar-refractivity contribution in [3.05, 3.63) is 101 Å². The summed E-state index contributed by atoms with van der Waals surface area (Å²) >= 11 is 0. The number of rotatable bonds is 10. The Hall–Kier alpha value is -4.18. The average molecular weight is 607 g/mol. The number of aromatic hydroxyl groups is 1. The van der Waals surface area contributed by atoms with Crippen LogP contribution < -0.4 is 10.2 Å². The molecule has 45 heavy (non-hydrogen) atoms. The molecule has 4 atom stereocenters. The van der Waals surface area contributed by atoms with Gasteiger partial charge in [0, 0.05) is 16.9 Å². The Balaban J connectivity index is 1.23. The first-order valence-electron chi connectivity index (χ1n) is 15.8. The molecule has 0 radical (unpaired) electrons. The molecule has 232 valence electrons. The summed E-state index contributed by atoms with van der Waals surface area (Å²) in [6.07, 6.45) is 4.96. The summed E-state index contributed by atoms with van der Waals surface area (Å²) in [5, 5.41) is 35.0.